The Hall–Kier alpha value is -2.15. The summed E-state index contributed by atoms with van der Waals surface area (Å²) in [7, 11) is 0. The number of ether oxygens (including phenoxy) is 2. The molecule has 0 aliphatic heterocycles. The third-order valence-electron chi connectivity index (χ3n) is 2.86. The van der Waals surface area contributed by atoms with Crippen molar-refractivity contribution in [1.82, 2.24) is 0 Å². The number of halogens is 7. The SMILES string of the molecule is C=C(C)C(=O)OC(O)(OC(=O)C(=C)C)C(O)CC(F)(F)C(F)(F)C(F)(F)F. The first-order chi connectivity index (χ1) is 11.8. The maximum absolute atomic E-state index is 13.4. The van der Waals surface area contributed by atoms with E-state index in [-0.39, 0.29) is 0 Å². The van der Waals surface area contributed by atoms with E-state index >= 15 is 0 Å². The van der Waals surface area contributed by atoms with Crippen molar-refractivity contribution in [2.24, 2.45) is 0 Å². The zero-order valence-electron chi connectivity index (χ0n) is 13.9. The van der Waals surface area contributed by atoms with Gasteiger partial charge in [0.25, 0.3) is 0 Å². The van der Waals surface area contributed by atoms with Crippen LogP contribution in [0.1, 0.15) is 20.3 Å². The fourth-order valence-electron chi connectivity index (χ4n) is 1.30. The summed E-state index contributed by atoms with van der Waals surface area (Å²) in [5, 5.41) is 19.4. The molecule has 0 radical (unpaired) electrons. The number of hydrogen-bond acceptors (Lipinski definition) is 6. The van der Waals surface area contributed by atoms with Crippen molar-refractivity contribution in [1.29, 1.82) is 0 Å². The molecule has 0 aromatic heterocycles. The molecule has 27 heavy (non-hydrogen) atoms. The third kappa shape index (κ3) is 5.66. The molecule has 0 aromatic carbocycles. The molecule has 0 amide bonds. The first-order valence-electron chi connectivity index (χ1n) is 6.79. The lowest BCUT2D eigenvalue weighted by Gasteiger charge is -2.35. The van der Waals surface area contributed by atoms with Gasteiger partial charge in [0.15, 0.2) is 6.10 Å². The monoisotopic (exact) mass is 412 g/mol. The van der Waals surface area contributed by atoms with E-state index in [2.05, 4.69) is 22.6 Å². The minimum atomic E-state index is -6.71. The number of esters is 2. The summed E-state index contributed by atoms with van der Waals surface area (Å²) in [6, 6.07) is 0. The van der Waals surface area contributed by atoms with Crippen LogP contribution >= 0.6 is 0 Å². The number of hydrogen-bond donors (Lipinski definition) is 2. The quantitative estimate of drug-likeness (QED) is 0.275. The van der Waals surface area contributed by atoms with E-state index in [9.17, 15) is 50.5 Å². The number of carbonyl (C=O) groups excluding carboxylic acids is 2. The summed E-state index contributed by atoms with van der Waals surface area (Å²) in [6.45, 7) is 7.95. The Morgan fingerprint density at radius 2 is 1.26 bits per heavy atom. The number of aliphatic hydroxyl groups is 2. The molecular weight excluding hydrogens is 397 g/mol. The topological polar surface area (TPSA) is 93.1 Å². The summed E-state index contributed by atoms with van der Waals surface area (Å²) in [4.78, 5) is 22.8. The zero-order valence-corrected chi connectivity index (χ0v) is 13.9. The van der Waals surface area contributed by atoms with Gasteiger partial charge in [-0.15, -0.1) is 0 Å². The minimum Gasteiger partial charge on any atom is -0.393 e. The maximum atomic E-state index is 13.4. The number of aliphatic hydroxyl groups excluding tert-OH is 1. The van der Waals surface area contributed by atoms with Crippen LogP contribution in [0.5, 0.6) is 0 Å². The number of rotatable bonds is 8. The molecule has 0 fully saturated rings. The Morgan fingerprint density at radius 1 is 0.926 bits per heavy atom. The fourth-order valence-corrected chi connectivity index (χ4v) is 1.30. The first-order valence-corrected chi connectivity index (χ1v) is 6.79. The molecule has 0 aliphatic carbocycles. The Labute approximate surface area is 147 Å². The average Bonchev–Trinajstić information content (AvgIpc) is 2.44. The smallest absolute Gasteiger partial charge is 0.393 e. The van der Waals surface area contributed by atoms with Crippen molar-refractivity contribution in [2.45, 2.75) is 50.4 Å². The van der Waals surface area contributed by atoms with Crippen LogP contribution in [0.4, 0.5) is 30.7 Å². The molecule has 0 bridgehead atoms. The van der Waals surface area contributed by atoms with Crippen LogP contribution in [0, 0.1) is 0 Å². The van der Waals surface area contributed by atoms with Gasteiger partial charge in [0.05, 0.1) is 6.42 Å². The molecule has 156 valence electrons. The van der Waals surface area contributed by atoms with Gasteiger partial charge in [-0.1, -0.05) is 13.2 Å². The molecule has 6 nitrogen and oxygen atoms in total. The van der Waals surface area contributed by atoms with Gasteiger partial charge < -0.3 is 19.7 Å². The van der Waals surface area contributed by atoms with Crippen molar-refractivity contribution >= 4 is 11.9 Å². The van der Waals surface area contributed by atoms with E-state index in [1.54, 1.807) is 0 Å². The van der Waals surface area contributed by atoms with Crippen LogP contribution in [0.2, 0.25) is 0 Å². The van der Waals surface area contributed by atoms with Crippen LogP contribution in [-0.2, 0) is 19.1 Å². The van der Waals surface area contributed by atoms with Crippen LogP contribution in [-0.4, -0.2) is 52.3 Å². The van der Waals surface area contributed by atoms with E-state index in [1.807, 2.05) is 0 Å². The molecule has 13 heteroatoms. The molecule has 0 aromatic rings. The molecule has 1 atom stereocenters. The molecule has 0 spiro atoms. The molecule has 0 saturated heterocycles. The highest BCUT2D eigenvalue weighted by Crippen LogP contribution is 2.49. The van der Waals surface area contributed by atoms with Crippen LogP contribution < -0.4 is 0 Å². The minimum absolute atomic E-state index is 0.528. The molecule has 0 rings (SSSR count). The van der Waals surface area contributed by atoms with E-state index in [1.165, 1.54) is 0 Å². The summed E-state index contributed by atoms with van der Waals surface area (Å²) in [6.07, 6.45) is -12.9. The average molecular weight is 412 g/mol. The molecule has 0 heterocycles. The van der Waals surface area contributed by atoms with Crippen LogP contribution in [0.3, 0.4) is 0 Å². The van der Waals surface area contributed by atoms with E-state index in [0.29, 0.717) is 0 Å². The highest BCUT2D eigenvalue weighted by atomic mass is 19.4. The van der Waals surface area contributed by atoms with Gasteiger partial charge >= 0.3 is 35.9 Å². The number of carbonyl (C=O) groups is 2. The lowest BCUT2D eigenvalue weighted by molar-refractivity contribution is -0.387. The van der Waals surface area contributed by atoms with Gasteiger partial charge in [-0.25, -0.2) is 9.59 Å². The van der Waals surface area contributed by atoms with Crippen molar-refractivity contribution < 1.29 is 60.0 Å². The van der Waals surface area contributed by atoms with Crippen LogP contribution in [0.25, 0.3) is 0 Å². The van der Waals surface area contributed by atoms with Crippen molar-refractivity contribution in [3.63, 3.8) is 0 Å². The number of alkyl halides is 7. The van der Waals surface area contributed by atoms with Crippen molar-refractivity contribution in [3.05, 3.63) is 24.3 Å². The highest BCUT2D eigenvalue weighted by Gasteiger charge is 2.74. The Kier molecular flexibility index (Phi) is 7.22. The lowest BCUT2D eigenvalue weighted by Crippen LogP contribution is -2.58. The van der Waals surface area contributed by atoms with Gasteiger partial charge in [0, 0.05) is 11.1 Å². The molecule has 1 unspecified atom stereocenters. The summed E-state index contributed by atoms with van der Waals surface area (Å²) in [5.41, 5.74) is -1.06. The van der Waals surface area contributed by atoms with Crippen molar-refractivity contribution in [3.8, 4) is 0 Å². The van der Waals surface area contributed by atoms with Crippen molar-refractivity contribution in [2.75, 3.05) is 0 Å². The standard InChI is InChI=1S/C14H15F7O6/c1-6(2)9(23)26-12(25,27-10(24)7(3)4)8(22)5-11(15,16)13(17,18)14(19,20)21/h8,22,25H,1,3,5H2,2,4H3. The van der Waals surface area contributed by atoms with Gasteiger partial charge in [-0.3, -0.25) is 0 Å². The van der Waals surface area contributed by atoms with Gasteiger partial charge in [0.1, 0.15) is 0 Å². The summed E-state index contributed by atoms with van der Waals surface area (Å²) in [5.74, 6) is -19.9. The Balaban J connectivity index is 5.85. The van der Waals surface area contributed by atoms with Crippen LogP contribution in [0.15, 0.2) is 24.3 Å². The normalized spacial score (nSPS) is 14.3. The highest BCUT2D eigenvalue weighted by molar-refractivity contribution is 5.88. The summed E-state index contributed by atoms with van der Waals surface area (Å²) < 4.78 is 97.2. The Bertz CT molecular complexity index is 598. The zero-order chi connectivity index (χ0) is 22.0. The molecule has 2 N–H and O–H groups in total. The predicted octanol–water partition coefficient (Wildman–Crippen LogP) is 2.46. The lowest BCUT2D eigenvalue weighted by atomic mass is 10.0. The third-order valence-corrected chi connectivity index (χ3v) is 2.86. The second-order valence-corrected chi connectivity index (χ2v) is 5.47. The largest absolute Gasteiger partial charge is 0.459 e. The van der Waals surface area contributed by atoms with Gasteiger partial charge in [-0.05, 0) is 13.8 Å². The van der Waals surface area contributed by atoms with E-state index in [4.69, 9.17) is 0 Å². The maximum Gasteiger partial charge on any atom is 0.459 e. The van der Waals surface area contributed by atoms with E-state index in [0.717, 1.165) is 13.8 Å². The van der Waals surface area contributed by atoms with Gasteiger partial charge in [0.2, 0.25) is 0 Å². The molecular formula is C14H15F7O6. The second kappa shape index (κ2) is 7.84. The Morgan fingerprint density at radius 3 is 1.52 bits per heavy atom. The summed E-state index contributed by atoms with van der Waals surface area (Å²) >= 11 is 0. The first kappa shape index (κ1) is 24.8. The second-order valence-electron chi connectivity index (χ2n) is 5.47. The molecule has 0 aliphatic rings. The fraction of sp³-hybridized carbons (Fsp3) is 0.571. The van der Waals surface area contributed by atoms with E-state index < -0.39 is 59.6 Å². The van der Waals surface area contributed by atoms with Gasteiger partial charge in [-0.2, -0.15) is 30.7 Å². The molecule has 0 saturated carbocycles. The predicted molar refractivity (Wildman–Crippen MR) is 73.3 cm³/mol.